The van der Waals surface area contributed by atoms with Gasteiger partial charge in [-0.05, 0) is 69.4 Å². The lowest BCUT2D eigenvalue weighted by atomic mass is 9.92. The molecule has 0 radical (unpaired) electrons. The molecule has 0 amide bonds. The summed E-state index contributed by atoms with van der Waals surface area (Å²) in [5.41, 5.74) is 5.65. The second-order valence-electron chi connectivity index (χ2n) is 7.58. The van der Waals surface area contributed by atoms with Gasteiger partial charge in [0.1, 0.15) is 0 Å². The highest BCUT2D eigenvalue weighted by Crippen LogP contribution is 2.42. The molecule has 168 valence electrons. The van der Waals surface area contributed by atoms with Gasteiger partial charge in [-0.25, -0.2) is 0 Å². The minimum atomic E-state index is -0.147. The van der Waals surface area contributed by atoms with E-state index >= 15 is 0 Å². The van der Waals surface area contributed by atoms with E-state index in [2.05, 4.69) is 94.2 Å². The number of aryl methyl sites for hydroxylation is 1. The van der Waals surface area contributed by atoms with Gasteiger partial charge in [0, 0.05) is 17.6 Å². The van der Waals surface area contributed by atoms with Gasteiger partial charge in [-0.3, -0.25) is 4.99 Å². The van der Waals surface area contributed by atoms with Gasteiger partial charge in [0.25, 0.3) is 0 Å². The number of allylic oxidation sites excluding steroid dienone is 7. The summed E-state index contributed by atoms with van der Waals surface area (Å²) in [5, 5.41) is 6.02. The zero-order chi connectivity index (χ0) is 24.0. The molecule has 1 aromatic carbocycles. The molecule has 31 heavy (non-hydrogen) atoms. The number of rotatable bonds is 6. The summed E-state index contributed by atoms with van der Waals surface area (Å²) in [4.78, 5) is 3.91. The molecule has 1 aliphatic heterocycles. The van der Waals surface area contributed by atoms with Crippen molar-refractivity contribution in [2.75, 3.05) is 0 Å². The molecule has 2 nitrogen and oxygen atoms in total. The smallest absolute Gasteiger partial charge is 0.0569 e. The summed E-state index contributed by atoms with van der Waals surface area (Å²) in [7, 11) is 0.605. The van der Waals surface area contributed by atoms with E-state index in [1.165, 1.54) is 33.5 Å². The Bertz CT molecular complexity index is 880. The van der Waals surface area contributed by atoms with Gasteiger partial charge in [-0.2, -0.15) is 0 Å². The third kappa shape index (κ3) is 10.4. The normalized spacial score (nSPS) is 14.6. The van der Waals surface area contributed by atoms with Crippen LogP contribution >= 0.6 is 8.58 Å². The van der Waals surface area contributed by atoms with Crippen LogP contribution in [0.5, 0.6) is 0 Å². The minimum absolute atomic E-state index is 0.147. The molecule has 0 bridgehead atoms. The van der Waals surface area contributed by atoms with Crippen LogP contribution in [0.2, 0.25) is 0 Å². The van der Waals surface area contributed by atoms with Gasteiger partial charge in [-0.15, -0.1) is 0 Å². The van der Waals surface area contributed by atoms with Gasteiger partial charge in [-0.1, -0.05) is 90.2 Å². The summed E-state index contributed by atoms with van der Waals surface area (Å²) in [6.45, 7) is 28.3. The van der Waals surface area contributed by atoms with Crippen LogP contribution in [0.25, 0.3) is 0 Å². The molecule has 0 saturated carbocycles. The summed E-state index contributed by atoms with van der Waals surface area (Å²) in [6, 6.07) is 8.61. The predicted octanol–water partition coefficient (Wildman–Crippen LogP) is 8.56. The number of aliphatic imine (C=N–C) groups is 1. The fraction of sp³-hybridized carbons (Fsp3) is 0.321. The molecular formula is C28H41N2P. The molecule has 0 spiro atoms. The third-order valence-electron chi connectivity index (χ3n) is 4.49. The Kier molecular flexibility index (Phi) is 13.4. The largest absolute Gasteiger partial charge is 0.376 e. The molecule has 1 unspecified atom stereocenters. The van der Waals surface area contributed by atoms with E-state index in [9.17, 15) is 0 Å². The van der Waals surface area contributed by atoms with Crippen molar-refractivity contribution in [3.05, 3.63) is 108 Å². The number of nitrogens with zero attached hydrogens (tertiary/aromatic N) is 1. The molecule has 1 N–H and O–H groups in total. The van der Waals surface area contributed by atoms with E-state index in [0.29, 0.717) is 8.58 Å². The van der Waals surface area contributed by atoms with Gasteiger partial charge in [0.2, 0.25) is 0 Å². The summed E-state index contributed by atoms with van der Waals surface area (Å²) in [5.74, 6) is 0. The summed E-state index contributed by atoms with van der Waals surface area (Å²) in [6.07, 6.45) is 9.70. The van der Waals surface area contributed by atoms with Crippen LogP contribution in [-0.4, -0.2) is 5.71 Å². The molecule has 0 aromatic heterocycles. The average molecular weight is 437 g/mol. The van der Waals surface area contributed by atoms with Crippen LogP contribution in [-0.2, 0) is 5.54 Å². The Morgan fingerprint density at radius 2 is 1.81 bits per heavy atom. The molecular weight excluding hydrogens is 395 g/mol. The molecule has 1 atom stereocenters. The minimum Gasteiger partial charge on any atom is -0.376 e. The van der Waals surface area contributed by atoms with E-state index in [1.54, 1.807) is 0 Å². The Labute approximate surface area is 193 Å². The van der Waals surface area contributed by atoms with Crippen LogP contribution < -0.4 is 5.32 Å². The maximum atomic E-state index is 4.23. The number of nitrogens with one attached hydrogen (secondary N) is 1. The highest BCUT2D eigenvalue weighted by atomic mass is 31.1. The highest BCUT2D eigenvalue weighted by Gasteiger charge is 2.22. The first-order chi connectivity index (χ1) is 14.6. The number of hydrogen-bond donors (Lipinski definition) is 1. The van der Waals surface area contributed by atoms with Crippen molar-refractivity contribution in [2.45, 2.75) is 60.9 Å². The van der Waals surface area contributed by atoms with Crippen molar-refractivity contribution in [3.8, 4) is 0 Å². The van der Waals surface area contributed by atoms with Gasteiger partial charge in [0.05, 0.1) is 5.54 Å². The van der Waals surface area contributed by atoms with Crippen molar-refractivity contribution in [3.63, 3.8) is 0 Å². The third-order valence-corrected chi connectivity index (χ3v) is 5.93. The van der Waals surface area contributed by atoms with E-state index in [1.807, 2.05) is 39.8 Å². The predicted molar refractivity (Wildman–Crippen MR) is 145 cm³/mol. The molecule has 1 aliphatic rings. The monoisotopic (exact) mass is 436 g/mol. The van der Waals surface area contributed by atoms with Crippen LogP contribution in [0.4, 0.5) is 0 Å². The fourth-order valence-electron chi connectivity index (χ4n) is 2.77. The van der Waals surface area contributed by atoms with Crippen molar-refractivity contribution in [1.82, 2.24) is 5.32 Å². The SMILES string of the molecule is C=C(NC(C)(C)c1cccc(C)c1)C1=CC=C(C)C(=C)P1.C=CN=C(C)/C=C\C.CC. The average Bonchev–Trinajstić information content (AvgIpc) is 2.72. The Morgan fingerprint density at radius 1 is 1.16 bits per heavy atom. The van der Waals surface area contributed by atoms with Crippen LogP contribution in [0, 0.1) is 6.92 Å². The second-order valence-corrected chi connectivity index (χ2v) is 8.98. The Hall–Kier alpha value is -2.44. The first-order valence-corrected chi connectivity index (χ1v) is 11.8. The van der Waals surface area contributed by atoms with Crippen LogP contribution in [0.15, 0.2) is 101 Å². The quantitative estimate of drug-likeness (QED) is 0.350. The van der Waals surface area contributed by atoms with Crippen LogP contribution in [0.1, 0.15) is 59.6 Å². The zero-order valence-corrected chi connectivity index (χ0v) is 21.8. The lowest BCUT2D eigenvalue weighted by molar-refractivity contribution is 0.454. The maximum Gasteiger partial charge on any atom is 0.0569 e. The molecule has 0 aliphatic carbocycles. The number of benzene rings is 1. The van der Waals surface area contributed by atoms with Gasteiger partial charge in [0.15, 0.2) is 0 Å². The second kappa shape index (κ2) is 14.5. The van der Waals surface area contributed by atoms with Crippen molar-refractivity contribution >= 4 is 14.3 Å². The lowest BCUT2D eigenvalue weighted by Crippen LogP contribution is -2.35. The summed E-state index contributed by atoms with van der Waals surface area (Å²) >= 11 is 0. The Morgan fingerprint density at radius 3 is 2.32 bits per heavy atom. The maximum absolute atomic E-state index is 4.23. The molecule has 1 heterocycles. The van der Waals surface area contributed by atoms with Crippen molar-refractivity contribution in [1.29, 1.82) is 0 Å². The fourth-order valence-corrected chi connectivity index (χ4v) is 3.75. The molecule has 0 saturated heterocycles. The molecule has 3 heteroatoms. The Balaban J connectivity index is 0.000000762. The van der Waals surface area contributed by atoms with E-state index in [-0.39, 0.29) is 5.54 Å². The van der Waals surface area contributed by atoms with E-state index in [4.69, 9.17) is 0 Å². The van der Waals surface area contributed by atoms with Gasteiger partial charge < -0.3 is 5.32 Å². The van der Waals surface area contributed by atoms with E-state index in [0.717, 1.165) is 11.4 Å². The number of hydrogen-bond acceptors (Lipinski definition) is 2. The zero-order valence-electron chi connectivity index (χ0n) is 20.8. The molecule has 0 fully saturated rings. The van der Waals surface area contributed by atoms with Gasteiger partial charge >= 0.3 is 0 Å². The standard InChI is InChI=1S/C19H24NP.C7H11N.C2H6/c1-13-8-7-9-17(12-13)19(5,6)20-15(3)18-11-10-14(2)16(4)21-18;1-4-6-7(3)8-5-2;1-2/h7-12,20-21H,3-4H2,1-2,5-6H3;4-6H,2H2,1,3H3;1-2H3/b;6-4-,8-7?;. The van der Waals surface area contributed by atoms with Crippen molar-refractivity contribution in [2.24, 2.45) is 4.99 Å². The topological polar surface area (TPSA) is 24.4 Å². The van der Waals surface area contributed by atoms with Crippen LogP contribution in [0.3, 0.4) is 0 Å². The van der Waals surface area contributed by atoms with Crippen molar-refractivity contribution < 1.29 is 0 Å². The first-order valence-electron chi connectivity index (χ1n) is 10.8. The first kappa shape index (κ1) is 28.6. The highest BCUT2D eigenvalue weighted by molar-refractivity contribution is 7.48. The lowest BCUT2D eigenvalue weighted by Gasteiger charge is -2.31. The van der Waals surface area contributed by atoms with E-state index < -0.39 is 0 Å². The molecule has 1 aromatic rings. The molecule has 2 rings (SSSR count). The summed E-state index contributed by atoms with van der Waals surface area (Å²) < 4.78 is 0.